The predicted molar refractivity (Wildman–Crippen MR) is 72.4 cm³/mol. The van der Waals surface area contributed by atoms with Gasteiger partial charge in [0.1, 0.15) is 5.54 Å². The summed E-state index contributed by atoms with van der Waals surface area (Å²) in [7, 11) is 1.64. The van der Waals surface area contributed by atoms with Crippen LogP contribution in [0.3, 0.4) is 0 Å². The van der Waals surface area contributed by atoms with Crippen molar-refractivity contribution in [1.29, 1.82) is 0 Å². The molecule has 2 aliphatic rings. The standard InChI is InChI=1S/C13H23N3O4/c1-19-8-2-9-20-10-7-16-11(17)13(15-12(16)18)3-5-14-6-4-13/h14H,2-10H2,1H3,(H,15,18). The minimum absolute atomic E-state index is 0.107. The molecule has 0 radical (unpaired) electrons. The summed E-state index contributed by atoms with van der Waals surface area (Å²) in [5, 5.41) is 6.05. The van der Waals surface area contributed by atoms with Gasteiger partial charge in [-0.3, -0.25) is 9.69 Å². The van der Waals surface area contributed by atoms with Crippen LogP contribution < -0.4 is 10.6 Å². The summed E-state index contributed by atoms with van der Waals surface area (Å²) in [4.78, 5) is 25.6. The molecule has 7 nitrogen and oxygen atoms in total. The molecule has 2 aliphatic heterocycles. The van der Waals surface area contributed by atoms with Gasteiger partial charge in [0.05, 0.1) is 13.2 Å². The van der Waals surface area contributed by atoms with E-state index < -0.39 is 5.54 Å². The molecule has 2 fully saturated rings. The van der Waals surface area contributed by atoms with Crippen LogP contribution in [0.4, 0.5) is 4.79 Å². The summed E-state index contributed by atoms with van der Waals surface area (Å²) in [6.07, 6.45) is 2.12. The lowest BCUT2D eigenvalue weighted by Gasteiger charge is -2.31. The highest BCUT2D eigenvalue weighted by atomic mass is 16.5. The smallest absolute Gasteiger partial charge is 0.325 e. The molecule has 2 rings (SSSR count). The van der Waals surface area contributed by atoms with E-state index in [1.807, 2.05) is 0 Å². The first kappa shape index (κ1) is 15.2. The highest BCUT2D eigenvalue weighted by Crippen LogP contribution is 2.26. The number of hydrogen-bond donors (Lipinski definition) is 2. The lowest BCUT2D eigenvalue weighted by Crippen LogP contribution is -2.54. The van der Waals surface area contributed by atoms with Crippen LogP contribution >= 0.6 is 0 Å². The van der Waals surface area contributed by atoms with E-state index in [9.17, 15) is 9.59 Å². The molecule has 0 bridgehead atoms. The number of imide groups is 1. The van der Waals surface area contributed by atoms with E-state index in [4.69, 9.17) is 9.47 Å². The molecule has 2 N–H and O–H groups in total. The zero-order valence-electron chi connectivity index (χ0n) is 11.9. The average molecular weight is 285 g/mol. The number of piperidine rings is 1. The molecule has 0 aromatic rings. The molecule has 7 heteroatoms. The first-order valence-electron chi connectivity index (χ1n) is 7.11. The Bertz CT molecular complexity index is 356. The van der Waals surface area contributed by atoms with Crippen molar-refractivity contribution in [2.75, 3.05) is 46.6 Å². The molecule has 0 aromatic heterocycles. The van der Waals surface area contributed by atoms with Gasteiger partial charge in [-0.1, -0.05) is 0 Å². The second-order valence-corrected chi connectivity index (χ2v) is 5.18. The van der Waals surface area contributed by atoms with Crippen molar-refractivity contribution in [3.8, 4) is 0 Å². The number of nitrogens with zero attached hydrogens (tertiary/aromatic N) is 1. The van der Waals surface area contributed by atoms with E-state index in [0.717, 1.165) is 19.5 Å². The lowest BCUT2D eigenvalue weighted by molar-refractivity contribution is -0.132. The summed E-state index contributed by atoms with van der Waals surface area (Å²) in [6, 6.07) is -0.294. The Morgan fingerprint density at radius 3 is 2.65 bits per heavy atom. The second kappa shape index (κ2) is 7.01. The third-order valence-electron chi connectivity index (χ3n) is 3.80. The number of amides is 3. The Morgan fingerprint density at radius 2 is 1.95 bits per heavy atom. The van der Waals surface area contributed by atoms with E-state index in [0.29, 0.717) is 39.2 Å². The van der Waals surface area contributed by atoms with Crippen molar-refractivity contribution in [2.24, 2.45) is 0 Å². The Morgan fingerprint density at radius 1 is 1.20 bits per heavy atom. The van der Waals surface area contributed by atoms with Gasteiger partial charge in [-0.2, -0.15) is 0 Å². The van der Waals surface area contributed by atoms with Crippen molar-refractivity contribution in [2.45, 2.75) is 24.8 Å². The summed E-state index contributed by atoms with van der Waals surface area (Å²) < 4.78 is 10.3. The molecule has 0 atom stereocenters. The van der Waals surface area contributed by atoms with Crippen LogP contribution in [0.25, 0.3) is 0 Å². The fraction of sp³-hybridized carbons (Fsp3) is 0.846. The van der Waals surface area contributed by atoms with Crippen molar-refractivity contribution in [3.05, 3.63) is 0 Å². The number of carbonyl (C=O) groups is 2. The number of hydrogen-bond acceptors (Lipinski definition) is 5. The number of urea groups is 1. The summed E-state index contributed by atoms with van der Waals surface area (Å²) >= 11 is 0. The van der Waals surface area contributed by atoms with Gasteiger partial charge in [-0.15, -0.1) is 0 Å². The first-order chi connectivity index (χ1) is 9.69. The lowest BCUT2D eigenvalue weighted by atomic mass is 9.88. The van der Waals surface area contributed by atoms with Crippen LogP contribution in [0, 0.1) is 0 Å². The molecule has 1 spiro atoms. The third kappa shape index (κ3) is 3.28. The molecule has 2 saturated heterocycles. The van der Waals surface area contributed by atoms with Gasteiger partial charge in [0.25, 0.3) is 5.91 Å². The molecule has 20 heavy (non-hydrogen) atoms. The van der Waals surface area contributed by atoms with E-state index in [1.54, 1.807) is 7.11 Å². The Balaban J connectivity index is 1.77. The number of carbonyl (C=O) groups excluding carboxylic acids is 2. The number of rotatable bonds is 7. The number of methoxy groups -OCH3 is 1. The fourth-order valence-corrected chi connectivity index (χ4v) is 2.63. The molecule has 0 saturated carbocycles. The van der Waals surface area contributed by atoms with Crippen LogP contribution in [0.5, 0.6) is 0 Å². The minimum Gasteiger partial charge on any atom is -0.385 e. The maximum Gasteiger partial charge on any atom is 0.325 e. The maximum atomic E-state index is 12.4. The molecule has 0 unspecified atom stereocenters. The van der Waals surface area contributed by atoms with Crippen molar-refractivity contribution in [3.63, 3.8) is 0 Å². The number of nitrogens with one attached hydrogen (secondary N) is 2. The van der Waals surface area contributed by atoms with E-state index in [-0.39, 0.29) is 11.9 Å². The van der Waals surface area contributed by atoms with E-state index in [2.05, 4.69) is 10.6 Å². The normalized spacial score (nSPS) is 21.6. The molecular formula is C13H23N3O4. The zero-order valence-corrected chi connectivity index (χ0v) is 11.9. The van der Waals surface area contributed by atoms with Crippen molar-refractivity contribution >= 4 is 11.9 Å². The van der Waals surface area contributed by atoms with Gasteiger partial charge in [0.2, 0.25) is 0 Å². The molecule has 3 amide bonds. The highest BCUT2D eigenvalue weighted by molar-refractivity contribution is 6.07. The van der Waals surface area contributed by atoms with Crippen LogP contribution in [-0.2, 0) is 14.3 Å². The Labute approximate surface area is 119 Å². The van der Waals surface area contributed by atoms with Crippen molar-refractivity contribution in [1.82, 2.24) is 15.5 Å². The second-order valence-electron chi connectivity index (χ2n) is 5.18. The largest absolute Gasteiger partial charge is 0.385 e. The van der Waals surface area contributed by atoms with Gasteiger partial charge in [0.15, 0.2) is 0 Å². The summed E-state index contributed by atoms with van der Waals surface area (Å²) in [5.41, 5.74) is -0.682. The monoisotopic (exact) mass is 285 g/mol. The fourth-order valence-electron chi connectivity index (χ4n) is 2.63. The first-order valence-corrected chi connectivity index (χ1v) is 7.11. The molecular weight excluding hydrogens is 262 g/mol. The molecule has 0 aliphatic carbocycles. The van der Waals surface area contributed by atoms with Gasteiger partial charge in [-0.05, 0) is 32.4 Å². The minimum atomic E-state index is -0.682. The van der Waals surface area contributed by atoms with Gasteiger partial charge >= 0.3 is 6.03 Å². The summed E-state index contributed by atoms with van der Waals surface area (Å²) in [6.45, 7) is 3.43. The molecule has 2 heterocycles. The van der Waals surface area contributed by atoms with Gasteiger partial charge < -0.3 is 20.1 Å². The Kier molecular flexibility index (Phi) is 5.33. The van der Waals surface area contributed by atoms with E-state index >= 15 is 0 Å². The highest BCUT2D eigenvalue weighted by Gasteiger charge is 2.51. The predicted octanol–water partition coefficient (Wildman–Crippen LogP) is -0.286. The average Bonchev–Trinajstić information content (AvgIpc) is 2.67. The quantitative estimate of drug-likeness (QED) is 0.496. The van der Waals surface area contributed by atoms with Crippen LogP contribution in [0.15, 0.2) is 0 Å². The van der Waals surface area contributed by atoms with Crippen LogP contribution in [0.1, 0.15) is 19.3 Å². The SMILES string of the molecule is COCCCOCCN1C(=O)NC2(CCNCC2)C1=O. The van der Waals surface area contributed by atoms with Crippen LogP contribution in [0.2, 0.25) is 0 Å². The summed E-state index contributed by atoms with van der Waals surface area (Å²) in [5.74, 6) is -0.107. The number of ether oxygens (including phenoxy) is 2. The van der Waals surface area contributed by atoms with Gasteiger partial charge in [0, 0.05) is 20.3 Å². The molecule has 0 aromatic carbocycles. The van der Waals surface area contributed by atoms with E-state index in [1.165, 1.54) is 4.90 Å². The van der Waals surface area contributed by atoms with Crippen molar-refractivity contribution < 1.29 is 19.1 Å². The molecule has 114 valence electrons. The topological polar surface area (TPSA) is 79.9 Å². The Hall–Kier alpha value is -1.18. The van der Waals surface area contributed by atoms with Crippen LogP contribution in [-0.4, -0.2) is 68.9 Å². The van der Waals surface area contributed by atoms with Gasteiger partial charge in [-0.25, -0.2) is 4.79 Å². The maximum absolute atomic E-state index is 12.4. The third-order valence-corrected chi connectivity index (χ3v) is 3.80. The zero-order chi connectivity index (χ0) is 14.4.